The number of fused-ring (bicyclic) bond motifs is 1. The Hall–Kier alpha value is -2.73. The van der Waals surface area contributed by atoms with Gasteiger partial charge in [-0.3, -0.25) is 4.99 Å². The van der Waals surface area contributed by atoms with Gasteiger partial charge in [-0.2, -0.15) is 0 Å². The quantitative estimate of drug-likeness (QED) is 0.505. The summed E-state index contributed by atoms with van der Waals surface area (Å²) >= 11 is 6.29. The summed E-state index contributed by atoms with van der Waals surface area (Å²) in [6.07, 6.45) is 2.83. The van der Waals surface area contributed by atoms with Gasteiger partial charge in [-0.25, -0.2) is 4.98 Å². The molecule has 0 aliphatic rings. The lowest BCUT2D eigenvalue weighted by atomic mass is 10.1. The zero-order valence-corrected chi connectivity index (χ0v) is 16.5. The predicted molar refractivity (Wildman–Crippen MR) is 110 cm³/mol. The van der Waals surface area contributed by atoms with Crippen LogP contribution in [0.15, 0.2) is 47.6 Å². The smallest absolute Gasteiger partial charge is 0.191 e. The fourth-order valence-electron chi connectivity index (χ4n) is 2.85. The molecule has 0 saturated carbocycles. The molecule has 3 rings (SSSR count). The number of nitrogens with one attached hydrogen (secondary N) is 2. The average Bonchev–Trinajstić information content (AvgIpc) is 3.10. The fourth-order valence-corrected chi connectivity index (χ4v) is 3.12. The van der Waals surface area contributed by atoms with Gasteiger partial charge in [0.15, 0.2) is 5.96 Å². The molecule has 27 heavy (non-hydrogen) atoms. The Balaban J connectivity index is 1.52. The van der Waals surface area contributed by atoms with E-state index >= 15 is 0 Å². The molecule has 6 nitrogen and oxygen atoms in total. The van der Waals surface area contributed by atoms with Gasteiger partial charge < -0.3 is 19.8 Å². The molecule has 2 aromatic heterocycles. The molecule has 0 atom stereocenters. The van der Waals surface area contributed by atoms with E-state index in [1.807, 2.05) is 36.5 Å². The number of hydrogen-bond acceptors (Lipinski definition) is 3. The van der Waals surface area contributed by atoms with E-state index in [0.717, 1.165) is 47.3 Å². The number of aromatic nitrogens is 2. The van der Waals surface area contributed by atoms with Crippen LogP contribution in [-0.2, 0) is 13.0 Å². The van der Waals surface area contributed by atoms with Crippen molar-refractivity contribution >= 4 is 23.2 Å². The minimum atomic E-state index is 0.601. The lowest BCUT2D eigenvalue weighted by molar-refractivity contribution is 0.414. The van der Waals surface area contributed by atoms with Crippen LogP contribution in [-0.4, -0.2) is 36.0 Å². The van der Waals surface area contributed by atoms with E-state index in [9.17, 15) is 0 Å². The Bertz CT molecular complexity index is 951. The number of benzene rings is 1. The highest BCUT2D eigenvalue weighted by molar-refractivity contribution is 6.31. The molecule has 0 bridgehead atoms. The summed E-state index contributed by atoms with van der Waals surface area (Å²) in [5.74, 6) is 1.49. The van der Waals surface area contributed by atoms with E-state index in [2.05, 4.69) is 38.0 Å². The van der Waals surface area contributed by atoms with E-state index in [-0.39, 0.29) is 0 Å². The Labute approximate surface area is 164 Å². The number of guanidine groups is 1. The summed E-state index contributed by atoms with van der Waals surface area (Å²) in [7, 11) is 3.39. The topological polar surface area (TPSA) is 63.0 Å². The molecule has 3 aromatic rings. The highest BCUT2D eigenvalue weighted by Gasteiger charge is 2.06. The normalized spacial score (nSPS) is 11.6. The molecule has 7 heteroatoms. The summed E-state index contributed by atoms with van der Waals surface area (Å²) in [6.45, 7) is 3.39. The van der Waals surface area contributed by atoms with Crippen LogP contribution < -0.4 is 15.4 Å². The minimum absolute atomic E-state index is 0.601. The first-order chi connectivity index (χ1) is 13.1. The molecule has 142 valence electrons. The van der Waals surface area contributed by atoms with E-state index in [0.29, 0.717) is 11.6 Å². The molecule has 0 fully saturated rings. The van der Waals surface area contributed by atoms with Gasteiger partial charge in [0.25, 0.3) is 0 Å². The number of rotatable bonds is 6. The average molecular weight is 386 g/mol. The highest BCUT2D eigenvalue weighted by Crippen LogP contribution is 2.22. The third-order valence-corrected chi connectivity index (χ3v) is 4.71. The van der Waals surface area contributed by atoms with Crippen molar-refractivity contribution in [1.29, 1.82) is 0 Å². The molecule has 0 radical (unpaired) electrons. The van der Waals surface area contributed by atoms with Gasteiger partial charge in [0.2, 0.25) is 0 Å². The monoisotopic (exact) mass is 385 g/mol. The number of nitrogens with zero attached hydrogens (tertiary/aromatic N) is 3. The van der Waals surface area contributed by atoms with Crippen molar-refractivity contribution in [1.82, 2.24) is 20.0 Å². The van der Waals surface area contributed by atoms with Crippen molar-refractivity contribution in [2.45, 2.75) is 19.9 Å². The standard InChI is InChI=1S/C20H24ClN5O/c1-14-5-4-6-19-25-16(13-26(14)19)12-24-20(22-2)23-10-9-15-7-8-17(27-3)11-18(15)21/h4-8,11,13H,9-10,12H2,1-3H3,(H2,22,23,24). The van der Waals surface area contributed by atoms with E-state index < -0.39 is 0 Å². The van der Waals surface area contributed by atoms with E-state index in [4.69, 9.17) is 16.3 Å². The predicted octanol–water partition coefficient (Wildman–Crippen LogP) is 3.21. The van der Waals surface area contributed by atoms with Gasteiger partial charge in [-0.15, -0.1) is 0 Å². The number of halogens is 1. The Morgan fingerprint density at radius 2 is 2.11 bits per heavy atom. The van der Waals surface area contributed by atoms with Crippen LogP contribution in [0.1, 0.15) is 17.0 Å². The molecule has 0 amide bonds. The first-order valence-corrected chi connectivity index (χ1v) is 9.19. The maximum absolute atomic E-state index is 6.29. The van der Waals surface area contributed by atoms with Gasteiger partial charge >= 0.3 is 0 Å². The van der Waals surface area contributed by atoms with Crippen LogP contribution >= 0.6 is 11.6 Å². The second-order valence-electron chi connectivity index (χ2n) is 6.19. The molecule has 2 N–H and O–H groups in total. The maximum atomic E-state index is 6.29. The third kappa shape index (κ3) is 4.71. The number of aryl methyl sites for hydroxylation is 1. The van der Waals surface area contributed by atoms with Crippen molar-refractivity contribution in [3.8, 4) is 5.75 Å². The van der Waals surface area contributed by atoms with Gasteiger partial charge in [0.1, 0.15) is 11.4 Å². The summed E-state index contributed by atoms with van der Waals surface area (Å²) in [5.41, 5.74) is 4.13. The number of ether oxygens (including phenoxy) is 1. The summed E-state index contributed by atoms with van der Waals surface area (Å²) in [6, 6.07) is 11.8. The zero-order chi connectivity index (χ0) is 19.2. The lowest BCUT2D eigenvalue weighted by Crippen LogP contribution is -2.37. The largest absolute Gasteiger partial charge is 0.497 e. The summed E-state index contributed by atoms with van der Waals surface area (Å²) in [5, 5.41) is 7.31. The van der Waals surface area contributed by atoms with Crippen LogP contribution in [0.25, 0.3) is 5.65 Å². The SMILES string of the molecule is CN=C(NCCc1ccc(OC)cc1Cl)NCc1cn2c(C)cccc2n1. The van der Waals surface area contributed by atoms with Gasteiger partial charge in [-0.05, 0) is 43.2 Å². The number of imidazole rings is 1. The number of aliphatic imine (C=N–C) groups is 1. The van der Waals surface area contributed by atoms with Crippen molar-refractivity contribution in [2.75, 3.05) is 20.7 Å². The molecule has 0 aliphatic carbocycles. The Morgan fingerprint density at radius 1 is 1.26 bits per heavy atom. The van der Waals surface area contributed by atoms with Crippen LogP contribution in [0, 0.1) is 6.92 Å². The first kappa shape index (κ1) is 19.0. The fraction of sp³-hybridized carbons (Fsp3) is 0.300. The van der Waals surface area contributed by atoms with E-state index in [1.165, 1.54) is 0 Å². The molecular formula is C20H24ClN5O. The second-order valence-corrected chi connectivity index (χ2v) is 6.59. The molecule has 0 aliphatic heterocycles. The third-order valence-electron chi connectivity index (χ3n) is 4.35. The molecule has 0 spiro atoms. The van der Waals surface area contributed by atoms with Crippen molar-refractivity contribution in [3.63, 3.8) is 0 Å². The van der Waals surface area contributed by atoms with Crippen LogP contribution in [0.2, 0.25) is 5.02 Å². The number of hydrogen-bond donors (Lipinski definition) is 2. The van der Waals surface area contributed by atoms with Gasteiger partial charge in [-0.1, -0.05) is 23.7 Å². The molecular weight excluding hydrogens is 362 g/mol. The molecule has 1 aromatic carbocycles. The first-order valence-electron chi connectivity index (χ1n) is 8.81. The van der Waals surface area contributed by atoms with Gasteiger partial charge in [0, 0.05) is 30.5 Å². The van der Waals surface area contributed by atoms with Crippen molar-refractivity contribution in [3.05, 3.63) is 64.6 Å². The second kappa shape index (κ2) is 8.77. The minimum Gasteiger partial charge on any atom is -0.497 e. The molecule has 0 unspecified atom stereocenters. The number of methoxy groups -OCH3 is 1. The van der Waals surface area contributed by atoms with Gasteiger partial charge in [0.05, 0.1) is 19.3 Å². The van der Waals surface area contributed by atoms with Crippen molar-refractivity contribution in [2.24, 2.45) is 4.99 Å². The van der Waals surface area contributed by atoms with Crippen LogP contribution in [0.3, 0.4) is 0 Å². The molecule has 2 heterocycles. The maximum Gasteiger partial charge on any atom is 0.191 e. The van der Waals surface area contributed by atoms with E-state index in [1.54, 1.807) is 14.2 Å². The molecule has 0 saturated heterocycles. The Kier molecular flexibility index (Phi) is 6.19. The Morgan fingerprint density at radius 3 is 2.81 bits per heavy atom. The van der Waals surface area contributed by atoms with Crippen LogP contribution in [0.5, 0.6) is 5.75 Å². The van der Waals surface area contributed by atoms with Crippen LogP contribution in [0.4, 0.5) is 0 Å². The summed E-state index contributed by atoms with van der Waals surface area (Å²) in [4.78, 5) is 8.89. The van der Waals surface area contributed by atoms with Crippen molar-refractivity contribution < 1.29 is 4.74 Å². The highest BCUT2D eigenvalue weighted by atomic mass is 35.5. The zero-order valence-electron chi connectivity index (χ0n) is 15.8. The lowest BCUT2D eigenvalue weighted by Gasteiger charge is -2.12. The summed E-state index contributed by atoms with van der Waals surface area (Å²) < 4.78 is 7.26. The number of pyridine rings is 1.